The van der Waals surface area contributed by atoms with Crippen LogP contribution < -0.4 is 16.6 Å². The Morgan fingerprint density at radius 1 is 1.18 bits per heavy atom. The van der Waals surface area contributed by atoms with E-state index in [2.05, 4.69) is 9.97 Å². The van der Waals surface area contributed by atoms with Crippen molar-refractivity contribution in [3.8, 4) is 0 Å². The van der Waals surface area contributed by atoms with Gasteiger partial charge in [-0.3, -0.25) is 5.01 Å². The van der Waals surface area contributed by atoms with Gasteiger partial charge in [-0.2, -0.15) is 0 Å². The molecule has 0 unspecified atom stereocenters. The van der Waals surface area contributed by atoms with Crippen LogP contribution in [-0.2, 0) is 6.54 Å². The third-order valence-electron chi connectivity index (χ3n) is 2.28. The van der Waals surface area contributed by atoms with Gasteiger partial charge in [0.25, 0.3) is 0 Å². The fourth-order valence-electron chi connectivity index (χ4n) is 1.45. The molecule has 17 heavy (non-hydrogen) atoms. The van der Waals surface area contributed by atoms with Crippen LogP contribution >= 0.6 is 11.6 Å². The third-order valence-corrected chi connectivity index (χ3v) is 2.58. The molecular formula is C11H12ClN5. The van der Waals surface area contributed by atoms with E-state index in [1.54, 1.807) is 0 Å². The molecule has 0 spiro atoms. The van der Waals surface area contributed by atoms with Gasteiger partial charge in [-0.25, -0.2) is 15.8 Å². The Labute approximate surface area is 104 Å². The van der Waals surface area contributed by atoms with E-state index in [1.165, 1.54) is 11.3 Å². The van der Waals surface area contributed by atoms with E-state index < -0.39 is 0 Å². The molecule has 2 aromatic rings. The van der Waals surface area contributed by atoms with Crippen LogP contribution in [0.2, 0.25) is 5.15 Å². The number of rotatable bonds is 3. The standard InChI is InChI=1S/C11H12ClN5/c12-10-9(13)11(16-7-15-10)17(14)6-8-4-2-1-3-5-8/h1-5,7H,6,13-14H2. The summed E-state index contributed by atoms with van der Waals surface area (Å²) in [4.78, 5) is 7.79. The number of nitrogens with zero attached hydrogens (tertiary/aromatic N) is 3. The van der Waals surface area contributed by atoms with Crippen molar-refractivity contribution in [2.24, 2.45) is 5.84 Å². The average Bonchev–Trinajstić information content (AvgIpc) is 2.34. The van der Waals surface area contributed by atoms with Gasteiger partial charge in [-0.1, -0.05) is 41.9 Å². The maximum atomic E-state index is 5.90. The molecule has 0 amide bonds. The number of hydrazine groups is 1. The summed E-state index contributed by atoms with van der Waals surface area (Å²) in [6, 6.07) is 9.77. The van der Waals surface area contributed by atoms with E-state index in [1.807, 2.05) is 30.3 Å². The van der Waals surface area contributed by atoms with E-state index in [0.29, 0.717) is 12.4 Å². The van der Waals surface area contributed by atoms with Crippen LogP contribution in [0, 0.1) is 0 Å². The molecule has 1 heterocycles. The monoisotopic (exact) mass is 249 g/mol. The van der Waals surface area contributed by atoms with Gasteiger partial charge in [0.15, 0.2) is 11.0 Å². The van der Waals surface area contributed by atoms with Crippen LogP contribution in [0.15, 0.2) is 36.7 Å². The van der Waals surface area contributed by atoms with Crippen molar-refractivity contribution in [2.45, 2.75) is 6.54 Å². The number of hydrogen-bond acceptors (Lipinski definition) is 5. The second-order valence-electron chi connectivity index (χ2n) is 3.52. The Hall–Kier alpha value is -1.85. The van der Waals surface area contributed by atoms with Crippen LogP contribution in [0.3, 0.4) is 0 Å². The lowest BCUT2D eigenvalue weighted by molar-refractivity contribution is 0.830. The molecule has 0 bridgehead atoms. The van der Waals surface area contributed by atoms with Gasteiger partial charge in [-0.05, 0) is 5.56 Å². The molecule has 6 heteroatoms. The molecule has 1 aromatic carbocycles. The molecule has 2 rings (SSSR count). The smallest absolute Gasteiger partial charge is 0.171 e. The summed E-state index contributed by atoms with van der Waals surface area (Å²) in [5, 5.41) is 1.65. The zero-order valence-corrected chi connectivity index (χ0v) is 9.80. The number of benzene rings is 1. The number of nitrogens with two attached hydrogens (primary N) is 2. The molecule has 0 aliphatic carbocycles. The predicted octanol–water partition coefficient (Wildman–Crippen LogP) is 1.59. The fraction of sp³-hybridized carbons (Fsp3) is 0.0909. The maximum absolute atomic E-state index is 5.90. The van der Waals surface area contributed by atoms with Gasteiger partial charge < -0.3 is 5.73 Å². The van der Waals surface area contributed by atoms with Crippen molar-refractivity contribution < 1.29 is 0 Å². The Morgan fingerprint density at radius 2 is 1.88 bits per heavy atom. The van der Waals surface area contributed by atoms with Crippen molar-refractivity contribution in [3.63, 3.8) is 0 Å². The molecule has 0 saturated carbocycles. The summed E-state index contributed by atoms with van der Waals surface area (Å²) in [5.41, 5.74) is 7.10. The highest BCUT2D eigenvalue weighted by Gasteiger charge is 2.11. The SMILES string of the molecule is Nc1c(Cl)ncnc1N(N)Cc1ccccc1. The number of halogens is 1. The van der Waals surface area contributed by atoms with Gasteiger partial charge in [0, 0.05) is 0 Å². The summed E-state index contributed by atoms with van der Waals surface area (Å²) in [6.45, 7) is 0.498. The Balaban J connectivity index is 2.20. The third kappa shape index (κ3) is 2.64. The molecule has 0 fully saturated rings. The van der Waals surface area contributed by atoms with E-state index >= 15 is 0 Å². The summed E-state index contributed by atoms with van der Waals surface area (Å²) >= 11 is 5.80. The lowest BCUT2D eigenvalue weighted by Gasteiger charge is -2.19. The summed E-state index contributed by atoms with van der Waals surface area (Å²) in [5.74, 6) is 6.33. The van der Waals surface area contributed by atoms with Crippen molar-refractivity contribution in [1.82, 2.24) is 9.97 Å². The average molecular weight is 250 g/mol. The molecular weight excluding hydrogens is 238 g/mol. The van der Waals surface area contributed by atoms with E-state index in [-0.39, 0.29) is 10.8 Å². The molecule has 4 N–H and O–H groups in total. The molecule has 5 nitrogen and oxygen atoms in total. The van der Waals surface area contributed by atoms with Crippen molar-refractivity contribution >= 4 is 23.1 Å². The minimum absolute atomic E-state index is 0.207. The number of aromatic nitrogens is 2. The van der Waals surface area contributed by atoms with E-state index in [9.17, 15) is 0 Å². The van der Waals surface area contributed by atoms with Crippen molar-refractivity contribution in [3.05, 3.63) is 47.4 Å². The van der Waals surface area contributed by atoms with Crippen molar-refractivity contribution in [1.29, 1.82) is 0 Å². The van der Waals surface area contributed by atoms with Crippen LogP contribution in [0.4, 0.5) is 11.5 Å². The van der Waals surface area contributed by atoms with Crippen molar-refractivity contribution in [2.75, 3.05) is 10.7 Å². The first-order valence-electron chi connectivity index (χ1n) is 5.00. The van der Waals surface area contributed by atoms with Crippen LogP contribution in [0.5, 0.6) is 0 Å². The fourth-order valence-corrected chi connectivity index (χ4v) is 1.58. The lowest BCUT2D eigenvalue weighted by atomic mass is 10.2. The number of nitrogen functional groups attached to an aromatic ring is 1. The highest BCUT2D eigenvalue weighted by atomic mass is 35.5. The largest absolute Gasteiger partial charge is 0.393 e. The topological polar surface area (TPSA) is 81.1 Å². The number of hydrogen-bond donors (Lipinski definition) is 2. The minimum Gasteiger partial charge on any atom is -0.393 e. The maximum Gasteiger partial charge on any atom is 0.171 e. The van der Waals surface area contributed by atoms with Crippen LogP contribution in [0.1, 0.15) is 5.56 Å². The van der Waals surface area contributed by atoms with E-state index in [4.69, 9.17) is 23.2 Å². The summed E-state index contributed by atoms with van der Waals surface area (Å²) < 4.78 is 0. The molecule has 88 valence electrons. The van der Waals surface area contributed by atoms with Gasteiger partial charge in [0.2, 0.25) is 0 Å². The number of anilines is 2. The normalized spacial score (nSPS) is 10.2. The summed E-state index contributed by atoms with van der Waals surface area (Å²) in [7, 11) is 0. The van der Waals surface area contributed by atoms with Gasteiger partial charge >= 0.3 is 0 Å². The summed E-state index contributed by atoms with van der Waals surface area (Å²) in [6.07, 6.45) is 1.33. The van der Waals surface area contributed by atoms with Gasteiger partial charge in [0.1, 0.15) is 12.0 Å². The molecule has 0 aliphatic rings. The Kier molecular flexibility index (Phi) is 3.41. The van der Waals surface area contributed by atoms with Crippen LogP contribution in [0.25, 0.3) is 0 Å². The highest BCUT2D eigenvalue weighted by molar-refractivity contribution is 6.32. The first-order chi connectivity index (χ1) is 8.18. The molecule has 1 aromatic heterocycles. The minimum atomic E-state index is 0.207. The predicted molar refractivity (Wildman–Crippen MR) is 68.3 cm³/mol. The Bertz CT molecular complexity index is 502. The molecule has 0 aliphatic heterocycles. The lowest BCUT2D eigenvalue weighted by Crippen LogP contribution is -2.31. The first-order valence-corrected chi connectivity index (χ1v) is 5.38. The molecule has 0 atom stereocenters. The zero-order valence-electron chi connectivity index (χ0n) is 9.05. The Morgan fingerprint density at radius 3 is 2.59 bits per heavy atom. The zero-order chi connectivity index (χ0) is 12.3. The quantitative estimate of drug-likeness (QED) is 0.491. The highest BCUT2D eigenvalue weighted by Crippen LogP contribution is 2.24. The second kappa shape index (κ2) is 4.99. The first kappa shape index (κ1) is 11.6. The molecule has 0 saturated heterocycles. The second-order valence-corrected chi connectivity index (χ2v) is 3.87. The van der Waals surface area contributed by atoms with Crippen LogP contribution in [-0.4, -0.2) is 9.97 Å². The van der Waals surface area contributed by atoms with Gasteiger partial charge in [0.05, 0.1) is 6.54 Å². The van der Waals surface area contributed by atoms with E-state index in [0.717, 1.165) is 5.56 Å². The molecule has 0 radical (unpaired) electrons. The van der Waals surface area contributed by atoms with Gasteiger partial charge in [-0.15, -0.1) is 0 Å².